The van der Waals surface area contributed by atoms with Crippen LogP contribution in [-0.4, -0.2) is 31.7 Å². The number of hydrogen-bond donors (Lipinski definition) is 3. The van der Waals surface area contributed by atoms with E-state index in [1.54, 1.807) is 42.5 Å². The summed E-state index contributed by atoms with van der Waals surface area (Å²) in [6.07, 6.45) is -0.630. The number of carboxylic acid groups (broad SMARTS) is 1. The topological polar surface area (TPSA) is 115 Å². The number of thiophene rings is 1. The molecule has 0 aliphatic heterocycles. The molecule has 34 heavy (non-hydrogen) atoms. The zero-order valence-electron chi connectivity index (χ0n) is 17.8. The Kier molecular flexibility index (Phi) is 8.93. The molecule has 3 aromatic rings. The van der Waals surface area contributed by atoms with Gasteiger partial charge in [-0.05, 0) is 40.3 Å². The first-order valence-corrected chi connectivity index (χ1v) is 13.6. The Bertz CT molecular complexity index is 1200. The van der Waals surface area contributed by atoms with Crippen molar-refractivity contribution >= 4 is 54.0 Å². The second-order valence-corrected chi connectivity index (χ2v) is 11.2. The lowest BCUT2D eigenvalue weighted by molar-refractivity contribution is -0.141. The molecule has 1 unspecified atom stereocenters. The van der Waals surface area contributed by atoms with Crippen molar-refractivity contribution < 1.29 is 29.0 Å². The van der Waals surface area contributed by atoms with Gasteiger partial charge < -0.3 is 19.8 Å². The number of halogens is 2. The largest absolute Gasteiger partial charge is 0.481 e. The average molecular weight is 542 g/mol. The van der Waals surface area contributed by atoms with Gasteiger partial charge in [-0.15, -0.1) is 11.3 Å². The minimum absolute atomic E-state index is 0.0958. The van der Waals surface area contributed by atoms with Crippen molar-refractivity contribution in [1.82, 2.24) is 4.90 Å². The number of hydrogen-bond acceptors (Lipinski definition) is 4. The van der Waals surface area contributed by atoms with Crippen LogP contribution in [0.25, 0.3) is 0 Å². The highest BCUT2D eigenvalue weighted by molar-refractivity contribution is 7.50. The molecule has 0 saturated heterocycles. The molecule has 0 radical (unpaired) electrons. The fourth-order valence-electron chi connectivity index (χ4n) is 3.51. The Hall–Kier alpha value is -2.19. The number of nitrogens with zero attached hydrogens (tertiary/aromatic N) is 1. The van der Waals surface area contributed by atoms with Crippen molar-refractivity contribution in [3.63, 3.8) is 0 Å². The molecule has 1 amide bonds. The number of aliphatic carboxylic acids is 1. The fraction of sp³-hybridized carbons (Fsp3) is 0.217. The maximum absolute atomic E-state index is 13.4. The van der Waals surface area contributed by atoms with Gasteiger partial charge in [0, 0.05) is 11.4 Å². The van der Waals surface area contributed by atoms with Crippen LogP contribution in [0.5, 0.6) is 0 Å². The van der Waals surface area contributed by atoms with Crippen LogP contribution in [-0.2, 0) is 33.3 Å². The third kappa shape index (κ3) is 7.67. The highest BCUT2D eigenvalue weighted by atomic mass is 35.5. The minimum atomic E-state index is -4.21. The Morgan fingerprint density at radius 3 is 2.24 bits per heavy atom. The van der Waals surface area contributed by atoms with E-state index in [0.29, 0.717) is 21.7 Å². The van der Waals surface area contributed by atoms with Crippen molar-refractivity contribution in [2.24, 2.45) is 0 Å². The van der Waals surface area contributed by atoms with Crippen molar-refractivity contribution in [2.75, 3.05) is 0 Å². The van der Waals surface area contributed by atoms with Crippen LogP contribution < -0.4 is 0 Å². The summed E-state index contributed by atoms with van der Waals surface area (Å²) >= 11 is 13.6. The van der Waals surface area contributed by atoms with Crippen LogP contribution in [0.2, 0.25) is 10.0 Å². The lowest BCUT2D eigenvalue weighted by Crippen LogP contribution is -2.36. The van der Waals surface area contributed by atoms with Gasteiger partial charge in [-0.2, -0.15) is 0 Å². The van der Waals surface area contributed by atoms with E-state index in [-0.39, 0.29) is 36.5 Å². The van der Waals surface area contributed by atoms with E-state index >= 15 is 0 Å². The molecule has 0 aliphatic carbocycles. The van der Waals surface area contributed by atoms with E-state index in [4.69, 9.17) is 23.2 Å². The smallest absolute Gasteiger partial charge is 0.329 e. The van der Waals surface area contributed by atoms with Crippen LogP contribution in [0.15, 0.2) is 60.0 Å². The van der Waals surface area contributed by atoms with E-state index < -0.39 is 19.6 Å². The molecule has 3 N–H and O–H groups in total. The number of carbonyl (C=O) groups excluding carboxylic acids is 1. The molecule has 0 aliphatic rings. The molecule has 180 valence electrons. The van der Waals surface area contributed by atoms with E-state index in [1.807, 2.05) is 17.5 Å². The van der Waals surface area contributed by atoms with E-state index in [2.05, 4.69) is 0 Å². The van der Waals surface area contributed by atoms with Gasteiger partial charge in [-0.25, -0.2) is 0 Å². The number of benzene rings is 2. The number of carbonyl (C=O) groups is 2. The molecule has 1 aromatic heterocycles. The Balaban J connectivity index is 1.96. The molecule has 7 nitrogen and oxygen atoms in total. The van der Waals surface area contributed by atoms with Crippen molar-refractivity contribution in [3.8, 4) is 0 Å². The molecule has 0 bridgehead atoms. The second-order valence-electron chi connectivity index (χ2n) is 7.70. The number of amides is 1. The highest BCUT2D eigenvalue weighted by Crippen LogP contribution is 2.39. The summed E-state index contributed by atoms with van der Waals surface area (Å²) in [5.74, 6) is -1.35. The van der Waals surface area contributed by atoms with Crippen molar-refractivity contribution in [3.05, 3.63) is 91.6 Å². The Morgan fingerprint density at radius 2 is 1.68 bits per heavy atom. The van der Waals surface area contributed by atoms with Gasteiger partial charge in [-0.3, -0.25) is 14.2 Å². The van der Waals surface area contributed by atoms with Gasteiger partial charge in [0.1, 0.15) is 0 Å². The third-order valence-corrected chi connectivity index (χ3v) is 7.46. The molecule has 0 saturated carbocycles. The average Bonchev–Trinajstić information content (AvgIpc) is 3.25. The molecular weight excluding hydrogens is 520 g/mol. The lowest BCUT2D eigenvalue weighted by Gasteiger charge is -2.32. The summed E-state index contributed by atoms with van der Waals surface area (Å²) in [6.45, 7) is 0.0958. The molecular formula is C23H22Cl2NO6PS. The molecule has 3 rings (SSSR count). The molecule has 1 atom stereocenters. The van der Waals surface area contributed by atoms with E-state index in [0.717, 1.165) is 4.88 Å². The van der Waals surface area contributed by atoms with Crippen LogP contribution >= 0.6 is 42.1 Å². The standard InChI is InChI=1S/C23H22Cl2NO6PS/c24-19-8-7-17(10-20(19)25)21(12-23(28)29)26(22(27)11-18-2-1-9-34-18)13-15-3-5-16(6-4-15)14-33(30,31)32/h1-10,21H,11-14H2,(H,28,29)(H2,30,31,32). The van der Waals surface area contributed by atoms with Crippen molar-refractivity contribution in [1.29, 1.82) is 0 Å². The molecule has 11 heteroatoms. The highest BCUT2D eigenvalue weighted by Gasteiger charge is 2.28. The lowest BCUT2D eigenvalue weighted by atomic mass is 10.00. The first-order chi connectivity index (χ1) is 16.0. The maximum Gasteiger partial charge on any atom is 0.329 e. The zero-order valence-corrected chi connectivity index (χ0v) is 21.0. The fourth-order valence-corrected chi connectivity index (χ4v) is 5.20. The van der Waals surface area contributed by atoms with E-state index in [9.17, 15) is 29.0 Å². The molecule has 1 heterocycles. The summed E-state index contributed by atoms with van der Waals surface area (Å²) in [5, 5.41) is 12.0. The quantitative estimate of drug-likeness (QED) is 0.291. The van der Waals surface area contributed by atoms with Crippen LogP contribution in [0.1, 0.15) is 34.0 Å². The summed E-state index contributed by atoms with van der Waals surface area (Å²) in [6, 6.07) is 14.1. The van der Waals surface area contributed by atoms with Gasteiger partial charge in [0.2, 0.25) is 5.91 Å². The normalized spacial score (nSPS) is 12.4. The molecule has 0 fully saturated rings. The first kappa shape index (κ1) is 26.4. The van der Waals surface area contributed by atoms with Gasteiger partial charge in [-0.1, -0.05) is 59.6 Å². The Labute approximate surface area is 210 Å². The van der Waals surface area contributed by atoms with Crippen LogP contribution in [0, 0.1) is 0 Å². The summed E-state index contributed by atoms with van der Waals surface area (Å²) in [7, 11) is -4.21. The number of rotatable bonds is 10. The molecule has 0 spiro atoms. The van der Waals surface area contributed by atoms with Gasteiger partial charge in [0.25, 0.3) is 0 Å². The van der Waals surface area contributed by atoms with E-state index in [1.165, 1.54) is 16.2 Å². The summed E-state index contributed by atoms with van der Waals surface area (Å²) in [4.78, 5) is 45.8. The summed E-state index contributed by atoms with van der Waals surface area (Å²) < 4.78 is 11.3. The van der Waals surface area contributed by atoms with Gasteiger partial charge in [0.15, 0.2) is 0 Å². The van der Waals surface area contributed by atoms with Gasteiger partial charge in [0.05, 0.1) is 35.1 Å². The monoisotopic (exact) mass is 541 g/mol. The zero-order chi connectivity index (χ0) is 24.9. The summed E-state index contributed by atoms with van der Waals surface area (Å²) in [5.41, 5.74) is 1.68. The van der Waals surface area contributed by atoms with Crippen molar-refractivity contribution in [2.45, 2.75) is 31.6 Å². The van der Waals surface area contributed by atoms with Crippen LogP contribution in [0.4, 0.5) is 0 Å². The minimum Gasteiger partial charge on any atom is -0.481 e. The second kappa shape index (κ2) is 11.5. The Morgan fingerprint density at radius 1 is 1.00 bits per heavy atom. The first-order valence-electron chi connectivity index (χ1n) is 10.1. The van der Waals surface area contributed by atoms with Gasteiger partial charge >= 0.3 is 13.6 Å². The number of carboxylic acids is 1. The van der Waals surface area contributed by atoms with Crippen LogP contribution in [0.3, 0.4) is 0 Å². The SMILES string of the molecule is O=C(O)CC(c1ccc(Cl)c(Cl)c1)N(Cc1ccc(CP(=O)(O)O)cc1)C(=O)Cc1cccs1. The predicted octanol–water partition coefficient (Wildman–Crippen LogP) is 5.52. The predicted molar refractivity (Wildman–Crippen MR) is 132 cm³/mol. The molecule has 2 aromatic carbocycles. The maximum atomic E-state index is 13.4. The third-order valence-electron chi connectivity index (χ3n) is 5.06.